The number of amides is 1. The fourth-order valence-electron chi connectivity index (χ4n) is 1.91. The number of carbonyl (C=O) groups is 1. The van der Waals surface area contributed by atoms with Crippen molar-refractivity contribution in [1.82, 2.24) is 0 Å². The van der Waals surface area contributed by atoms with Crippen molar-refractivity contribution in [2.75, 3.05) is 16.8 Å². The van der Waals surface area contributed by atoms with E-state index in [1.165, 1.54) is 6.07 Å². The van der Waals surface area contributed by atoms with Gasteiger partial charge < -0.3 is 10.2 Å². The van der Waals surface area contributed by atoms with Crippen molar-refractivity contribution in [2.45, 2.75) is 19.9 Å². The SMILES string of the molecule is CCN1c2c(F)cccc2NC(=O)C1C. The van der Waals surface area contributed by atoms with Gasteiger partial charge in [0.1, 0.15) is 11.9 Å². The second-order valence-electron chi connectivity index (χ2n) is 3.59. The van der Waals surface area contributed by atoms with Crippen LogP contribution in [0.5, 0.6) is 0 Å². The monoisotopic (exact) mass is 208 g/mol. The van der Waals surface area contributed by atoms with Crippen LogP contribution in [-0.4, -0.2) is 18.5 Å². The number of fused-ring (bicyclic) bond motifs is 1. The van der Waals surface area contributed by atoms with Gasteiger partial charge in [0.2, 0.25) is 5.91 Å². The molecule has 1 heterocycles. The summed E-state index contributed by atoms with van der Waals surface area (Å²) < 4.78 is 13.6. The number of rotatable bonds is 1. The Hall–Kier alpha value is -1.58. The summed E-state index contributed by atoms with van der Waals surface area (Å²) in [6, 6.07) is 4.40. The third-order valence-electron chi connectivity index (χ3n) is 2.72. The molecule has 2 rings (SSSR count). The van der Waals surface area contributed by atoms with E-state index in [4.69, 9.17) is 0 Å². The maximum Gasteiger partial charge on any atom is 0.246 e. The van der Waals surface area contributed by atoms with E-state index in [9.17, 15) is 9.18 Å². The Balaban J connectivity index is 2.56. The number of hydrogen-bond acceptors (Lipinski definition) is 2. The van der Waals surface area contributed by atoms with E-state index in [0.717, 1.165) is 0 Å². The lowest BCUT2D eigenvalue weighted by Crippen LogP contribution is -2.46. The number of nitrogens with one attached hydrogen (secondary N) is 1. The minimum Gasteiger partial charge on any atom is -0.356 e. The fourth-order valence-corrected chi connectivity index (χ4v) is 1.91. The highest BCUT2D eigenvalue weighted by molar-refractivity contribution is 6.03. The molecule has 80 valence electrons. The van der Waals surface area contributed by atoms with E-state index < -0.39 is 0 Å². The number of anilines is 2. The highest BCUT2D eigenvalue weighted by atomic mass is 19.1. The van der Waals surface area contributed by atoms with Crippen molar-refractivity contribution in [3.05, 3.63) is 24.0 Å². The Morgan fingerprint density at radius 2 is 2.27 bits per heavy atom. The molecule has 0 fully saturated rings. The molecule has 1 amide bonds. The number of nitrogens with zero attached hydrogens (tertiary/aromatic N) is 1. The van der Waals surface area contributed by atoms with E-state index in [1.807, 2.05) is 6.92 Å². The van der Waals surface area contributed by atoms with Crippen LogP contribution in [-0.2, 0) is 4.79 Å². The predicted octanol–water partition coefficient (Wildman–Crippen LogP) is 1.99. The Kier molecular flexibility index (Phi) is 2.34. The first kappa shape index (κ1) is 9.96. The normalized spacial score (nSPS) is 19.8. The van der Waals surface area contributed by atoms with Crippen molar-refractivity contribution < 1.29 is 9.18 Å². The van der Waals surface area contributed by atoms with Gasteiger partial charge in [0, 0.05) is 6.54 Å². The third-order valence-corrected chi connectivity index (χ3v) is 2.72. The summed E-state index contributed by atoms with van der Waals surface area (Å²) in [5.74, 6) is -0.379. The lowest BCUT2D eigenvalue weighted by Gasteiger charge is -2.35. The summed E-state index contributed by atoms with van der Waals surface area (Å²) >= 11 is 0. The molecule has 1 aromatic rings. The minimum atomic E-state index is -0.320. The molecule has 1 atom stereocenters. The molecule has 4 heteroatoms. The van der Waals surface area contributed by atoms with E-state index in [0.29, 0.717) is 17.9 Å². The average molecular weight is 208 g/mol. The highest BCUT2D eigenvalue weighted by Gasteiger charge is 2.30. The molecule has 1 aliphatic heterocycles. The summed E-state index contributed by atoms with van der Waals surface area (Å²) in [5, 5.41) is 2.69. The molecule has 0 aliphatic carbocycles. The van der Waals surface area contributed by atoms with Crippen LogP contribution in [0.1, 0.15) is 13.8 Å². The van der Waals surface area contributed by atoms with Crippen molar-refractivity contribution >= 4 is 17.3 Å². The molecule has 15 heavy (non-hydrogen) atoms. The number of halogens is 1. The predicted molar refractivity (Wildman–Crippen MR) is 57.5 cm³/mol. The molecule has 0 radical (unpaired) electrons. The van der Waals surface area contributed by atoms with E-state index in [2.05, 4.69) is 5.32 Å². The van der Waals surface area contributed by atoms with Gasteiger partial charge in [-0.3, -0.25) is 4.79 Å². The zero-order chi connectivity index (χ0) is 11.0. The fraction of sp³-hybridized carbons (Fsp3) is 0.364. The molecule has 1 aliphatic rings. The number of para-hydroxylation sites is 1. The van der Waals surface area contributed by atoms with Crippen molar-refractivity contribution in [2.24, 2.45) is 0 Å². The molecular formula is C11H13FN2O. The Labute approximate surface area is 87.9 Å². The summed E-state index contributed by atoms with van der Waals surface area (Å²) in [7, 11) is 0. The van der Waals surface area contributed by atoms with Gasteiger partial charge in [-0.15, -0.1) is 0 Å². The molecule has 0 bridgehead atoms. The van der Waals surface area contributed by atoms with Crippen molar-refractivity contribution in [3.8, 4) is 0 Å². The molecular weight excluding hydrogens is 195 g/mol. The first-order valence-corrected chi connectivity index (χ1v) is 5.01. The molecule has 0 spiro atoms. The van der Waals surface area contributed by atoms with Gasteiger partial charge in [0.15, 0.2) is 0 Å². The average Bonchev–Trinajstić information content (AvgIpc) is 2.21. The van der Waals surface area contributed by atoms with E-state index in [1.54, 1.807) is 24.0 Å². The second kappa shape index (κ2) is 3.53. The summed E-state index contributed by atoms with van der Waals surface area (Å²) in [6.45, 7) is 4.29. The molecule has 1 aromatic carbocycles. The van der Waals surface area contributed by atoms with Gasteiger partial charge in [0.05, 0.1) is 11.4 Å². The number of carbonyl (C=O) groups excluding carboxylic acids is 1. The quantitative estimate of drug-likeness (QED) is 0.765. The smallest absolute Gasteiger partial charge is 0.246 e. The van der Waals surface area contributed by atoms with E-state index >= 15 is 0 Å². The van der Waals surface area contributed by atoms with Crippen LogP contribution in [0.2, 0.25) is 0 Å². The summed E-state index contributed by atoms with van der Waals surface area (Å²) in [4.78, 5) is 13.3. The standard InChI is InChI=1S/C11H13FN2O/c1-3-14-7(2)11(15)13-9-6-4-5-8(12)10(9)14/h4-7H,3H2,1-2H3,(H,13,15). The molecule has 0 saturated carbocycles. The van der Waals surface area contributed by atoms with E-state index in [-0.39, 0.29) is 17.8 Å². The van der Waals surface area contributed by atoms with Crippen LogP contribution in [0, 0.1) is 5.82 Å². The van der Waals surface area contributed by atoms with Crippen LogP contribution in [0.4, 0.5) is 15.8 Å². The highest BCUT2D eigenvalue weighted by Crippen LogP contribution is 2.33. The summed E-state index contributed by atoms with van der Waals surface area (Å²) in [6.07, 6.45) is 0. The topological polar surface area (TPSA) is 32.3 Å². The first-order chi connectivity index (χ1) is 7.15. The maximum atomic E-state index is 13.6. The van der Waals surface area contributed by atoms with Gasteiger partial charge in [-0.25, -0.2) is 4.39 Å². The minimum absolute atomic E-state index is 0.0880. The zero-order valence-corrected chi connectivity index (χ0v) is 8.75. The zero-order valence-electron chi connectivity index (χ0n) is 8.75. The van der Waals surface area contributed by atoms with Crippen LogP contribution < -0.4 is 10.2 Å². The molecule has 0 aromatic heterocycles. The number of hydrogen-bond donors (Lipinski definition) is 1. The Bertz CT molecular complexity index is 406. The molecule has 1 N–H and O–H groups in total. The molecule has 3 nitrogen and oxygen atoms in total. The maximum absolute atomic E-state index is 13.6. The van der Waals surface area contributed by atoms with Gasteiger partial charge in [-0.05, 0) is 26.0 Å². The van der Waals surface area contributed by atoms with Gasteiger partial charge >= 0.3 is 0 Å². The first-order valence-electron chi connectivity index (χ1n) is 5.01. The lowest BCUT2D eigenvalue weighted by molar-refractivity contribution is -0.117. The number of likely N-dealkylation sites (N-methyl/N-ethyl adjacent to an activating group) is 1. The Morgan fingerprint density at radius 1 is 1.53 bits per heavy atom. The van der Waals surface area contributed by atoms with Crippen LogP contribution in [0.3, 0.4) is 0 Å². The van der Waals surface area contributed by atoms with Crippen molar-refractivity contribution in [1.29, 1.82) is 0 Å². The van der Waals surface area contributed by atoms with Gasteiger partial charge in [0.25, 0.3) is 0 Å². The van der Waals surface area contributed by atoms with Crippen LogP contribution in [0.15, 0.2) is 18.2 Å². The van der Waals surface area contributed by atoms with Crippen LogP contribution >= 0.6 is 0 Å². The molecule has 0 saturated heterocycles. The van der Waals surface area contributed by atoms with Gasteiger partial charge in [-0.1, -0.05) is 6.07 Å². The van der Waals surface area contributed by atoms with Gasteiger partial charge in [-0.2, -0.15) is 0 Å². The Morgan fingerprint density at radius 3 is 2.93 bits per heavy atom. The summed E-state index contributed by atoms with van der Waals surface area (Å²) in [5.41, 5.74) is 1.05. The largest absolute Gasteiger partial charge is 0.356 e. The van der Waals surface area contributed by atoms with Crippen LogP contribution in [0.25, 0.3) is 0 Å². The molecule has 1 unspecified atom stereocenters. The third kappa shape index (κ3) is 1.46. The second-order valence-corrected chi connectivity index (χ2v) is 3.59. The number of benzene rings is 1. The lowest BCUT2D eigenvalue weighted by atomic mass is 10.1. The van der Waals surface area contributed by atoms with Crippen molar-refractivity contribution in [3.63, 3.8) is 0 Å².